The van der Waals surface area contributed by atoms with Gasteiger partial charge in [0.05, 0.1) is 6.10 Å². The number of nitrogens with one attached hydrogen (secondary N) is 1. The van der Waals surface area contributed by atoms with E-state index in [9.17, 15) is 14.3 Å². The van der Waals surface area contributed by atoms with E-state index in [1.165, 1.54) is 12.1 Å². The van der Waals surface area contributed by atoms with E-state index in [1.807, 2.05) is 0 Å². The molecular weight excluding hydrogens is 257 g/mol. The second kappa shape index (κ2) is 5.52. The third-order valence-electron chi connectivity index (χ3n) is 4.58. The molecule has 4 heteroatoms. The van der Waals surface area contributed by atoms with Gasteiger partial charge >= 0.3 is 0 Å². The molecule has 2 fully saturated rings. The minimum absolute atomic E-state index is 0.0130. The second-order valence-electron chi connectivity index (χ2n) is 6.00. The molecule has 0 aliphatic heterocycles. The molecule has 0 radical (unpaired) electrons. The number of hydrogen-bond acceptors (Lipinski definition) is 2. The number of halogens is 1. The van der Waals surface area contributed by atoms with Crippen molar-refractivity contribution in [1.82, 2.24) is 5.32 Å². The molecule has 1 aromatic rings. The number of amides is 1. The highest BCUT2D eigenvalue weighted by Crippen LogP contribution is 2.47. The zero-order valence-corrected chi connectivity index (χ0v) is 11.4. The van der Waals surface area contributed by atoms with Crippen LogP contribution in [0.4, 0.5) is 4.39 Å². The van der Waals surface area contributed by atoms with Crippen LogP contribution in [-0.2, 0) is 4.79 Å². The summed E-state index contributed by atoms with van der Waals surface area (Å²) in [6, 6.07) is 6.40. The summed E-state index contributed by atoms with van der Waals surface area (Å²) < 4.78 is 12.9. The molecule has 2 N–H and O–H groups in total. The zero-order chi connectivity index (χ0) is 14.1. The lowest BCUT2D eigenvalue weighted by Gasteiger charge is -2.15. The van der Waals surface area contributed by atoms with Crippen LogP contribution in [0.2, 0.25) is 0 Å². The first-order valence-electron chi connectivity index (χ1n) is 7.36. The number of carbonyl (C=O) groups is 1. The molecule has 3 nitrogen and oxygen atoms in total. The Morgan fingerprint density at radius 1 is 1.30 bits per heavy atom. The smallest absolute Gasteiger partial charge is 0.223 e. The highest BCUT2D eigenvalue weighted by atomic mass is 19.1. The van der Waals surface area contributed by atoms with Gasteiger partial charge in [0, 0.05) is 18.4 Å². The summed E-state index contributed by atoms with van der Waals surface area (Å²) in [5.41, 5.74) is 1.03. The van der Waals surface area contributed by atoms with Gasteiger partial charge in [0.15, 0.2) is 0 Å². The molecule has 20 heavy (non-hydrogen) atoms. The fourth-order valence-electron chi connectivity index (χ4n) is 3.18. The van der Waals surface area contributed by atoms with Crippen LogP contribution < -0.4 is 5.32 Å². The Morgan fingerprint density at radius 2 is 2.05 bits per heavy atom. The predicted octanol–water partition coefficient (Wildman–Crippen LogP) is 2.21. The van der Waals surface area contributed by atoms with Crippen molar-refractivity contribution in [3.05, 3.63) is 35.6 Å². The normalized spacial score (nSPS) is 32.1. The monoisotopic (exact) mass is 277 g/mol. The Morgan fingerprint density at radius 3 is 2.70 bits per heavy atom. The number of carbonyl (C=O) groups excluding carboxylic acids is 1. The zero-order valence-electron chi connectivity index (χ0n) is 11.4. The lowest BCUT2D eigenvalue weighted by molar-refractivity contribution is -0.122. The molecule has 2 saturated carbocycles. The molecule has 108 valence electrons. The first-order chi connectivity index (χ1) is 9.65. The van der Waals surface area contributed by atoms with E-state index in [2.05, 4.69) is 5.32 Å². The average molecular weight is 277 g/mol. The molecule has 0 aromatic heterocycles. The fourth-order valence-corrected chi connectivity index (χ4v) is 3.18. The van der Waals surface area contributed by atoms with Gasteiger partial charge in [0.2, 0.25) is 5.91 Å². The highest BCUT2D eigenvalue weighted by Gasteiger charge is 2.44. The largest absolute Gasteiger partial charge is 0.393 e. The van der Waals surface area contributed by atoms with E-state index < -0.39 is 0 Å². The Kier molecular flexibility index (Phi) is 3.74. The molecule has 0 heterocycles. The fraction of sp³-hybridized carbons (Fsp3) is 0.562. The van der Waals surface area contributed by atoms with Gasteiger partial charge in [-0.05, 0) is 42.9 Å². The van der Waals surface area contributed by atoms with Gasteiger partial charge < -0.3 is 10.4 Å². The maximum absolute atomic E-state index is 12.9. The van der Waals surface area contributed by atoms with Gasteiger partial charge in [-0.3, -0.25) is 4.79 Å². The first kappa shape index (κ1) is 13.6. The lowest BCUT2D eigenvalue weighted by Crippen LogP contribution is -2.33. The van der Waals surface area contributed by atoms with Crippen LogP contribution in [0.5, 0.6) is 0 Å². The third kappa shape index (κ3) is 2.85. The molecule has 3 rings (SSSR count). The van der Waals surface area contributed by atoms with E-state index in [0.29, 0.717) is 6.54 Å². The van der Waals surface area contributed by atoms with E-state index >= 15 is 0 Å². The van der Waals surface area contributed by atoms with Crippen molar-refractivity contribution in [2.24, 2.45) is 11.8 Å². The van der Waals surface area contributed by atoms with Crippen LogP contribution in [0.1, 0.15) is 37.2 Å². The van der Waals surface area contributed by atoms with Gasteiger partial charge in [-0.15, -0.1) is 0 Å². The summed E-state index contributed by atoms with van der Waals surface area (Å²) in [5, 5.41) is 12.7. The summed E-state index contributed by atoms with van der Waals surface area (Å²) in [4.78, 5) is 12.1. The van der Waals surface area contributed by atoms with Crippen molar-refractivity contribution in [2.45, 2.75) is 37.7 Å². The molecule has 1 amide bonds. The molecule has 0 spiro atoms. The van der Waals surface area contributed by atoms with Crippen LogP contribution in [0.25, 0.3) is 0 Å². The topological polar surface area (TPSA) is 49.3 Å². The van der Waals surface area contributed by atoms with E-state index in [0.717, 1.165) is 31.2 Å². The van der Waals surface area contributed by atoms with Crippen LogP contribution in [0.3, 0.4) is 0 Å². The Balaban J connectivity index is 1.49. The Bertz CT molecular complexity index is 488. The Hall–Kier alpha value is -1.42. The molecule has 2 aliphatic carbocycles. The van der Waals surface area contributed by atoms with Crippen molar-refractivity contribution >= 4 is 5.91 Å². The van der Waals surface area contributed by atoms with Gasteiger partial charge in [-0.2, -0.15) is 0 Å². The number of aliphatic hydroxyl groups excluding tert-OH is 1. The number of aliphatic hydroxyl groups is 1. The van der Waals surface area contributed by atoms with Gasteiger partial charge in [-0.25, -0.2) is 4.39 Å². The van der Waals surface area contributed by atoms with E-state index in [4.69, 9.17) is 0 Å². The average Bonchev–Trinajstić information content (AvgIpc) is 3.14. The molecular formula is C16H20FNO2. The van der Waals surface area contributed by atoms with Crippen molar-refractivity contribution in [1.29, 1.82) is 0 Å². The van der Waals surface area contributed by atoms with Crippen LogP contribution in [-0.4, -0.2) is 23.7 Å². The first-order valence-corrected chi connectivity index (χ1v) is 7.36. The molecule has 0 saturated heterocycles. The summed E-state index contributed by atoms with van der Waals surface area (Å²) in [6.07, 6.45) is 3.46. The third-order valence-corrected chi connectivity index (χ3v) is 4.58. The van der Waals surface area contributed by atoms with Crippen molar-refractivity contribution in [2.75, 3.05) is 6.54 Å². The minimum Gasteiger partial charge on any atom is -0.393 e. The maximum atomic E-state index is 12.9. The van der Waals surface area contributed by atoms with Gasteiger partial charge in [0.25, 0.3) is 0 Å². The quantitative estimate of drug-likeness (QED) is 0.886. The summed E-state index contributed by atoms with van der Waals surface area (Å²) in [6.45, 7) is 0.576. The second-order valence-corrected chi connectivity index (χ2v) is 6.00. The summed E-state index contributed by atoms with van der Waals surface area (Å²) in [5.74, 6) is 0.272. The van der Waals surface area contributed by atoms with Crippen molar-refractivity contribution in [3.63, 3.8) is 0 Å². The molecule has 0 bridgehead atoms. The molecule has 1 aromatic carbocycles. The number of benzene rings is 1. The number of hydrogen-bond donors (Lipinski definition) is 2. The molecule has 2 aliphatic rings. The lowest BCUT2D eigenvalue weighted by atomic mass is 10.1. The summed E-state index contributed by atoms with van der Waals surface area (Å²) >= 11 is 0. The highest BCUT2D eigenvalue weighted by molar-refractivity contribution is 5.82. The van der Waals surface area contributed by atoms with Crippen LogP contribution in [0, 0.1) is 17.7 Å². The minimum atomic E-state index is -0.262. The standard InChI is InChI=1S/C16H20FNO2/c17-12-6-4-10(5-7-12)13-8-14(13)16(20)18-9-11-2-1-3-15(11)19/h4-7,11,13-15,19H,1-3,8-9H2,(H,18,20)/t11-,13+,14-,15-/m0/s1. The van der Waals surface area contributed by atoms with Crippen LogP contribution >= 0.6 is 0 Å². The maximum Gasteiger partial charge on any atom is 0.223 e. The SMILES string of the molecule is O=C(NC[C@@H]1CCC[C@@H]1O)[C@H]1C[C@@H]1c1ccc(F)cc1. The molecule has 0 unspecified atom stereocenters. The number of rotatable bonds is 4. The summed E-state index contributed by atoms with van der Waals surface area (Å²) in [7, 11) is 0. The van der Waals surface area contributed by atoms with Crippen molar-refractivity contribution < 1.29 is 14.3 Å². The Labute approximate surface area is 118 Å². The van der Waals surface area contributed by atoms with E-state index in [-0.39, 0.29) is 35.6 Å². The van der Waals surface area contributed by atoms with Crippen LogP contribution in [0.15, 0.2) is 24.3 Å². The van der Waals surface area contributed by atoms with Gasteiger partial charge in [-0.1, -0.05) is 18.6 Å². The van der Waals surface area contributed by atoms with E-state index in [1.54, 1.807) is 12.1 Å². The molecule has 4 atom stereocenters. The predicted molar refractivity (Wildman–Crippen MR) is 73.6 cm³/mol. The van der Waals surface area contributed by atoms with Crippen molar-refractivity contribution in [3.8, 4) is 0 Å². The van der Waals surface area contributed by atoms with Gasteiger partial charge in [0.1, 0.15) is 5.82 Å².